The van der Waals surface area contributed by atoms with Gasteiger partial charge in [0, 0.05) is 22.6 Å². The van der Waals surface area contributed by atoms with Crippen LogP contribution in [-0.2, 0) is 9.59 Å². The van der Waals surface area contributed by atoms with E-state index in [0.29, 0.717) is 20.8 Å². The average molecular weight is 348 g/mol. The van der Waals surface area contributed by atoms with Crippen LogP contribution < -0.4 is 10.4 Å². The molecule has 0 radical (unpaired) electrons. The molecule has 0 saturated carbocycles. The van der Waals surface area contributed by atoms with Gasteiger partial charge in [0.25, 0.3) is 0 Å². The Labute approximate surface area is 136 Å². The monoisotopic (exact) mass is 346 g/mol. The summed E-state index contributed by atoms with van der Waals surface area (Å²) < 4.78 is 0. The van der Waals surface area contributed by atoms with Gasteiger partial charge in [0.15, 0.2) is 0 Å². The molecule has 0 fully saturated rings. The van der Waals surface area contributed by atoms with Crippen molar-refractivity contribution in [1.82, 2.24) is 0 Å². The van der Waals surface area contributed by atoms with Gasteiger partial charge in [-0.2, -0.15) is 0 Å². The summed E-state index contributed by atoms with van der Waals surface area (Å²) in [5, 5.41) is 14.9. The Kier molecular flexibility index (Phi) is 5.14. The number of carbonyl (C=O) groups is 2. The van der Waals surface area contributed by atoms with Crippen molar-refractivity contribution in [3.8, 4) is 0 Å². The summed E-state index contributed by atoms with van der Waals surface area (Å²) in [5.41, 5.74) is 0.442. The van der Waals surface area contributed by atoms with Crippen LogP contribution in [-0.4, -0.2) is 11.9 Å². The smallest absolute Gasteiger partial charge is 0.228 e. The normalized spacial score (nSPS) is 21.6. The second-order valence-corrected chi connectivity index (χ2v) is 6.04. The standard InChI is InChI=1S/C14H12Cl3NO3/c15-7-1-3-9(14(20)21)10(5-7)13(19)18-8-2-4-11(16)12(17)6-8/h1-2,4,6,9-10H,3,5H2,(H,18,19)(H,20,21)/p-1/t9-,10-/m0/s1. The molecule has 4 nitrogen and oxygen atoms in total. The minimum atomic E-state index is -1.26. The highest BCUT2D eigenvalue weighted by Gasteiger charge is 2.32. The number of nitrogens with one attached hydrogen (secondary N) is 1. The van der Waals surface area contributed by atoms with Gasteiger partial charge < -0.3 is 15.2 Å². The molecule has 0 aliphatic heterocycles. The lowest BCUT2D eigenvalue weighted by atomic mass is 9.82. The third kappa shape index (κ3) is 3.90. The molecule has 2 atom stereocenters. The van der Waals surface area contributed by atoms with Crippen LogP contribution in [0.2, 0.25) is 10.0 Å². The molecule has 0 bridgehead atoms. The summed E-state index contributed by atoms with van der Waals surface area (Å²) in [6.07, 6.45) is 1.96. The number of anilines is 1. The highest BCUT2D eigenvalue weighted by molar-refractivity contribution is 6.42. The van der Waals surface area contributed by atoms with Gasteiger partial charge in [-0.25, -0.2) is 0 Å². The average Bonchev–Trinajstić information content (AvgIpc) is 2.42. The molecule has 2 rings (SSSR count). The first kappa shape index (κ1) is 16.1. The van der Waals surface area contributed by atoms with Crippen LogP contribution in [0.4, 0.5) is 5.69 Å². The highest BCUT2D eigenvalue weighted by Crippen LogP contribution is 2.33. The van der Waals surface area contributed by atoms with E-state index in [1.807, 2.05) is 0 Å². The van der Waals surface area contributed by atoms with Gasteiger partial charge in [0.1, 0.15) is 0 Å². The summed E-state index contributed by atoms with van der Waals surface area (Å²) in [5.74, 6) is -3.37. The first-order valence-electron chi connectivity index (χ1n) is 6.20. The van der Waals surface area contributed by atoms with Gasteiger partial charge in [-0.05, 0) is 31.0 Å². The summed E-state index contributed by atoms with van der Waals surface area (Å²) in [6.45, 7) is 0. The Bertz CT molecular complexity index is 615. The molecule has 1 aromatic carbocycles. The Morgan fingerprint density at radius 2 is 1.86 bits per heavy atom. The van der Waals surface area contributed by atoms with E-state index < -0.39 is 23.7 Å². The Balaban J connectivity index is 2.16. The summed E-state index contributed by atoms with van der Waals surface area (Å²) in [4.78, 5) is 23.4. The molecule has 0 saturated heterocycles. The summed E-state index contributed by atoms with van der Waals surface area (Å²) in [6, 6.07) is 4.62. The second-order valence-electron chi connectivity index (χ2n) is 4.74. The van der Waals surface area contributed by atoms with Crippen molar-refractivity contribution in [3.05, 3.63) is 39.4 Å². The van der Waals surface area contributed by atoms with Crippen molar-refractivity contribution in [1.29, 1.82) is 0 Å². The highest BCUT2D eigenvalue weighted by atomic mass is 35.5. The fourth-order valence-electron chi connectivity index (χ4n) is 2.20. The van der Waals surface area contributed by atoms with Gasteiger partial charge in [0.2, 0.25) is 5.91 Å². The molecule has 112 valence electrons. The SMILES string of the molecule is O=C([O-])[C@H]1CC=C(Cl)C[C@@H]1C(=O)Nc1ccc(Cl)c(Cl)c1. The van der Waals surface area contributed by atoms with E-state index in [2.05, 4.69) is 5.32 Å². The zero-order chi connectivity index (χ0) is 15.6. The Morgan fingerprint density at radius 3 is 2.48 bits per heavy atom. The first-order valence-corrected chi connectivity index (χ1v) is 7.33. The number of carboxylic acid groups (broad SMARTS) is 1. The minimum Gasteiger partial charge on any atom is -0.550 e. The number of halogens is 3. The molecule has 0 unspecified atom stereocenters. The molecule has 1 N–H and O–H groups in total. The number of aliphatic carboxylic acids is 1. The lowest BCUT2D eigenvalue weighted by Crippen LogP contribution is -2.42. The van der Waals surface area contributed by atoms with Crippen LogP contribution in [0.3, 0.4) is 0 Å². The second kappa shape index (κ2) is 6.69. The summed E-state index contributed by atoms with van der Waals surface area (Å²) >= 11 is 17.6. The predicted molar refractivity (Wildman–Crippen MR) is 80.2 cm³/mol. The fourth-order valence-corrected chi connectivity index (χ4v) is 2.75. The molecular weight excluding hydrogens is 337 g/mol. The number of carboxylic acids is 1. The molecule has 21 heavy (non-hydrogen) atoms. The molecule has 1 amide bonds. The fraction of sp³-hybridized carbons (Fsp3) is 0.286. The van der Waals surface area contributed by atoms with Crippen LogP contribution in [0.5, 0.6) is 0 Å². The van der Waals surface area contributed by atoms with Crippen molar-refractivity contribution in [3.63, 3.8) is 0 Å². The minimum absolute atomic E-state index is 0.174. The van der Waals surface area contributed by atoms with E-state index in [-0.39, 0.29) is 12.8 Å². The molecule has 1 aliphatic carbocycles. The largest absolute Gasteiger partial charge is 0.550 e. The number of carbonyl (C=O) groups excluding carboxylic acids is 2. The van der Waals surface area contributed by atoms with Gasteiger partial charge in [-0.1, -0.05) is 40.9 Å². The van der Waals surface area contributed by atoms with Gasteiger partial charge >= 0.3 is 0 Å². The number of hydrogen-bond donors (Lipinski definition) is 1. The number of rotatable bonds is 3. The Hall–Kier alpha value is -1.23. The Morgan fingerprint density at radius 1 is 1.14 bits per heavy atom. The van der Waals surface area contributed by atoms with Crippen LogP contribution in [0, 0.1) is 11.8 Å². The predicted octanol–water partition coefficient (Wildman–Crippen LogP) is 2.83. The van der Waals surface area contributed by atoms with Crippen molar-refractivity contribution >= 4 is 52.4 Å². The third-order valence-electron chi connectivity index (χ3n) is 3.32. The molecule has 0 spiro atoms. The van der Waals surface area contributed by atoms with Gasteiger partial charge in [0.05, 0.1) is 16.0 Å². The van der Waals surface area contributed by atoms with E-state index in [1.165, 1.54) is 6.07 Å². The topological polar surface area (TPSA) is 69.2 Å². The maximum atomic E-state index is 12.3. The molecule has 0 heterocycles. The maximum absolute atomic E-state index is 12.3. The van der Waals surface area contributed by atoms with Gasteiger partial charge in [-0.15, -0.1) is 0 Å². The molecule has 1 aromatic rings. The molecule has 0 aromatic heterocycles. The lowest BCUT2D eigenvalue weighted by Gasteiger charge is -2.29. The first-order chi connectivity index (χ1) is 9.88. The quantitative estimate of drug-likeness (QED) is 0.914. The third-order valence-corrected chi connectivity index (χ3v) is 4.37. The van der Waals surface area contributed by atoms with Gasteiger partial charge in [-0.3, -0.25) is 4.79 Å². The van der Waals surface area contributed by atoms with E-state index in [1.54, 1.807) is 18.2 Å². The van der Waals surface area contributed by atoms with E-state index in [0.717, 1.165) is 0 Å². The van der Waals surface area contributed by atoms with Crippen molar-refractivity contribution < 1.29 is 14.7 Å². The number of benzene rings is 1. The van der Waals surface area contributed by atoms with E-state index >= 15 is 0 Å². The molecule has 7 heteroatoms. The van der Waals surface area contributed by atoms with Crippen LogP contribution in [0.25, 0.3) is 0 Å². The summed E-state index contributed by atoms with van der Waals surface area (Å²) in [7, 11) is 0. The van der Waals surface area contributed by atoms with Crippen molar-refractivity contribution in [2.75, 3.05) is 5.32 Å². The van der Waals surface area contributed by atoms with Crippen LogP contribution in [0.15, 0.2) is 29.3 Å². The van der Waals surface area contributed by atoms with E-state index in [9.17, 15) is 14.7 Å². The lowest BCUT2D eigenvalue weighted by molar-refractivity contribution is -0.313. The number of allylic oxidation sites excluding steroid dienone is 2. The van der Waals surface area contributed by atoms with Crippen LogP contribution >= 0.6 is 34.8 Å². The van der Waals surface area contributed by atoms with Crippen molar-refractivity contribution in [2.24, 2.45) is 11.8 Å². The zero-order valence-electron chi connectivity index (χ0n) is 10.7. The maximum Gasteiger partial charge on any atom is 0.228 e. The molecule has 1 aliphatic rings. The number of amides is 1. The number of hydrogen-bond acceptors (Lipinski definition) is 3. The van der Waals surface area contributed by atoms with Crippen LogP contribution in [0.1, 0.15) is 12.8 Å². The zero-order valence-corrected chi connectivity index (χ0v) is 13.0. The van der Waals surface area contributed by atoms with E-state index in [4.69, 9.17) is 34.8 Å². The van der Waals surface area contributed by atoms with Crippen molar-refractivity contribution in [2.45, 2.75) is 12.8 Å². The molecular formula is C14H11Cl3NO3-.